The third-order valence-electron chi connectivity index (χ3n) is 6.61. The maximum atomic E-state index is 13.9. The molecule has 0 spiro atoms. The third-order valence-corrected chi connectivity index (χ3v) is 6.84. The number of carbonyl (C=O) groups excluding carboxylic acids is 1. The van der Waals surface area contributed by atoms with E-state index in [1.165, 1.54) is 12.1 Å². The van der Waals surface area contributed by atoms with E-state index in [0.717, 1.165) is 34.0 Å². The zero-order valence-corrected chi connectivity index (χ0v) is 20.7. The average molecular weight is 512 g/mol. The molecule has 6 nitrogen and oxygen atoms in total. The van der Waals surface area contributed by atoms with Crippen molar-refractivity contribution in [2.45, 2.75) is 19.5 Å². The molecule has 0 fully saturated rings. The summed E-state index contributed by atoms with van der Waals surface area (Å²) in [5.41, 5.74) is 4.91. The molecule has 1 atom stereocenters. The number of hydrogen-bond acceptors (Lipinski definition) is 2. The summed E-state index contributed by atoms with van der Waals surface area (Å²) in [5.74, 6) is 0.537. The number of rotatable bonds is 3. The molecular formula is C29H23ClFN5O. The number of nitrogens with zero attached hydrogens (tertiary/aromatic N) is 4. The Morgan fingerprint density at radius 1 is 1.00 bits per heavy atom. The van der Waals surface area contributed by atoms with Crippen LogP contribution >= 0.6 is 11.6 Å². The monoisotopic (exact) mass is 511 g/mol. The van der Waals surface area contributed by atoms with Gasteiger partial charge in [0, 0.05) is 22.5 Å². The summed E-state index contributed by atoms with van der Waals surface area (Å²) in [7, 11) is 0. The molecule has 3 aromatic carbocycles. The number of halogens is 2. The van der Waals surface area contributed by atoms with E-state index in [1.807, 2.05) is 60.3 Å². The van der Waals surface area contributed by atoms with Crippen molar-refractivity contribution in [3.8, 4) is 11.5 Å². The van der Waals surface area contributed by atoms with Gasteiger partial charge in [0.05, 0.1) is 29.7 Å². The minimum Gasteiger partial charge on any atom is -0.308 e. The maximum absolute atomic E-state index is 13.9. The summed E-state index contributed by atoms with van der Waals surface area (Å²) >= 11 is 6.17. The molecule has 0 saturated carbocycles. The van der Waals surface area contributed by atoms with Gasteiger partial charge in [-0.25, -0.2) is 13.9 Å². The molecule has 0 bridgehead atoms. The summed E-state index contributed by atoms with van der Waals surface area (Å²) in [6.45, 7) is 2.25. The fourth-order valence-corrected chi connectivity index (χ4v) is 5.10. The summed E-state index contributed by atoms with van der Waals surface area (Å²) < 4.78 is 17.9. The van der Waals surface area contributed by atoms with Gasteiger partial charge in [0.25, 0.3) is 0 Å². The van der Waals surface area contributed by atoms with Crippen molar-refractivity contribution in [2.75, 3.05) is 5.32 Å². The van der Waals surface area contributed by atoms with Gasteiger partial charge in [-0.3, -0.25) is 0 Å². The molecule has 0 saturated heterocycles. The summed E-state index contributed by atoms with van der Waals surface area (Å²) in [6.07, 6.45) is 1.98. The van der Waals surface area contributed by atoms with Gasteiger partial charge in [0.2, 0.25) is 0 Å². The lowest BCUT2D eigenvalue weighted by atomic mass is 10.0. The van der Waals surface area contributed by atoms with Crippen molar-refractivity contribution in [3.05, 3.63) is 131 Å². The first-order valence-corrected chi connectivity index (χ1v) is 12.3. The van der Waals surface area contributed by atoms with Crippen molar-refractivity contribution < 1.29 is 9.18 Å². The molecule has 3 heterocycles. The molecule has 184 valence electrons. The van der Waals surface area contributed by atoms with Crippen LogP contribution in [0.1, 0.15) is 28.6 Å². The Morgan fingerprint density at radius 2 is 1.78 bits per heavy atom. The fourth-order valence-electron chi connectivity index (χ4n) is 4.91. The Bertz CT molecular complexity index is 1590. The number of anilines is 1. The molecule has 2 aromatic heterocycles. The minimum atomic E-state index is -0.481. The van der Waals surface area contributed by atoms with Crippen molar-refractivity contribution in [1.82, 2.24) is 19.2 Å². The van der Waals surface area contributed by atoms with Gasteiger partial charge in [0.1, 0.15) is 11.6 Å². The lowest BCUT2D eigenvalue weighted by Crippen LogP contribution is -2.38. The highest BCUT2D eigenvalue weighted by Gasteiger charge is 2.36. The molecule has 37 heavy (non-hydrogen) atoms. The van der Waals surface area contributed by atoms with E-state index in [9.17, 15) is 9.18 Å². The second-order valence-corrected chi connectivity index (χ2v) is 9.40. The molecule has 1 aliphatic rings. The second kappa shape index (κ2) is 9.26. The normalized spacial score (nSPS) is 14.6. The predicted molar refractivity (Wildman–Crippen MR) is 142 cm³/mol. The quantitative estimate of drug-likeness (QED) is 0.286. The van der Waals surface area contributed by atoms with Crippen LogP contribution in [0.4, 0.5) is 14.9 Å². The maximum Gasteiger partial charge on any atom is 0.322 e. The van der Waals surface area contributed by atoms with Crippen LogP contribution in [-0.4, -0.2) is 25.3 Å². The van der Waals surface area contributed by atoms with E-state index in [1.54, 1.807) is 41.3 Å². The molecule has 0 unspecified atom stereocenters. The number of aryl methyl sites for hydroxylation is 1. The van der Waals surface area contributed by atoms with Crippen LogP contribution in [0.2, 0.25) is 5.02 Å². The summed E-state index contributed by atoms with van der Waals surface area (Å²) in [4.78, 5) is 15.6. The minimum absolute atomic E-state index is 0.296. The van der Waals surface area contributed by atoms with Crippen LogP contribution in [0.25, 0.3) is 11.5 Å². The molecular weight excluding hydrogens is 489 g/mol. The number of aromatic nitrogens is 3. The smallest absolute Gasteiger partial charge is 0.308 e. The van der Waals surface area contributed by atoms with Crippen molar-refractivity contribution in [3.63, 3.8) is 0 Å². The number of nitrogens with one attached hydrogen (secondary N) is 1. The second-order valence-electron chi connectivity index (χ2n) is 8.96. The number of urea groups is 1. The Balaban J connectivity index is 1.53. The number of benzene rings is 3. The molecule has 1 aliphatic heterocycles. The third kappa shape index (κ3) is 4.17. The number of para-hydroxylation sites is 1. The topological polar surface area (TPSA) is 55.1 Å². The number of carbonyl (C=O) groups is 1. The fraction of sp³-hybridized carbons (Fsp3) is 0.103. The van der Waals surface area contributed by atoms with E-state index in [0.29, 0.717) is 17.3 Å². The average Bonchev–Trinajstić information content (AvgIpc) is 3.46. The van der Waals surface area contributed by atoms with Gasteiger partial charge in [-0.15, -0.1) is 0 Å². The zero-order valence-electron chi connectivity index (χ0n) is 20.0. The first-order chi connectivity index (χ1) is 18.0. The van der Waals surface area contributed by atoms with Gasteiger partial charge in [-0.2, -0.15) is 5.10 Å². The highest BCUT2D eigenvalue weighted by atomic mass is 35.5. The molecule has 0 aliphatic carbocycles. The number of fused-ring (bicyclic) bond motifs is 3. The first kappa shape index (κ1) is 23.1. The molecule has 5 aromatic rings. The zero-order chi connectivity index (χ0) is 25.5. The summed E-state index contributed by atoms with van der Waals surface area (Å²) in [5, 5.41) is 8.37. The van der Waals surface area contributed by atoms with Gasteiger partial charge < -0.3 is 14.8 Å². The van der Waals surface area contributed by atoms with Crippen LogP contribution in [0.15, 0.2) is 97.2 Å². The Hall–Kier alpha value is -4.36. The summed E-state index contributed by atoms with van der Waals surface area (Å²) in [6, 6.07) is 26.4. The van der Waals surface area contributed by atoms with Crippen LogP contribution < -0.4 is 5.32 Å². The van der Waals surface area contributed by atoms with Crippen LogP contribution in [0, 0.1) is 12.7 Å². The van der Waals surface area contributed by atoms with Crippen LogP contribution in [0.3, 0.4) is 0 Å². The first-order valence-electron chi connectivity index (χ1n) is 11.9. The largest absolute Gasteiger partial charge is 0.322 e. The standard InChI is InChI=1S/C29H23ClFN5O/c1-19-25-18-35(29(37)32-23-8-5-7-21(30)17-23)27(20-12-14-22(31)15-13-20)26-11-6-16-34(26)28(25)36(33-19)24-9-3-2-4-10-24/h2-17,27H,18H2,1H3,(H,32,37)/t27-/m1/s1. The Labute approximate surface area is 218 Å². The van der Waals surface area contributed by atoms with E-state index in [2.05, 4.69) is 9.88 Å². The van der Waals surface area contributed by atoms with E-state index < -0.39 is 6.04 Å². The van der Waals surface area contributed by atoms with Crippen molar-refractivity contribution in [2.24, 2.45) is 0 Å². The van der Waals surface area contributed by atoms with Gasteiger partial charge in [0.15, 0.2) is 0 Å². The molecule has 1 N–H and O–H groups in total. The molecule has 6 rings (SSSR count). The lowest BCUT2D eigenvalue weighted by molar-refractivity contribution is 0.194. The van der Waals surface area contributed by atoms with E-state index >= 15 is 0 Å². The highest BCUT2D eigenvalue weighted by Crippen LogP contribution is 2.38. The van der Waals surface area contributed by atoms with Gasteiger partial charge >= 0.3 is 6.03 Å². The van der Waals surface area contributed by atoms with Crippen LogP contribution in [-0.2, 0) is 6.54 Å². The van der Waals surface area contributed by atoms with E-state index in [-0.39, 0.29) is 11.8 Å². The number of hydrogen-bond donors (Lipinski definition) is 1. The number of amides is 2. The van der Waals surface area contributed by atoms with Crippen LogP contribution in [0.5, 0.6) is 0 Å². The van der Waals surface area contributed by atoms with Crippen molar-refractivity contribution in [1.29, 1.82) is 0 Å². The van der Waals surface area contributed by atoms with E-state index in [4.69, 9.17) is 16.7 Å². The van der Waals surface area contributed by atoms with Gasteiger partial charge in [-0.05, 0) is 67.1 Å². The van der Waals surface area contributed by atoms with Crippen molar-refractivity contribution >= 4 is 23.3 Å². The highest BCUT2D eigenvalue weighted by molar-refractivity contribution is 6.30. The molecule has 8 heteroatoms. The predicted octanol–water partition coefficient (Wildman–Crippen LogP) is 6.90. The lowest BCUT2D eigenvalue weighted by Gasteiger charge is -2.31. The Morgan fingerprint density at radius 3 is 2.54 bits per heavy atom. The molecule has 2 amide bonds. The van der Waals surface area contributed by atoms with Gasteiger partial charge in [-0.1, -0.05) is 48.0 Å². The molecule has 0 radical (unpaired) electrons. The Kier molecular flexibility index (Phi) is 5.77. The SMILES string of the molecule is Cc1nn(-c2ccccc2)c2c1CN(C(=O)Nc1cccc(Cl)c1)[C@H](c1ccc(F)cc1)c1cccn1-2.